The molecular weight excluding hydrogens is 413 g/mol. The van der Waals surface area contributed by atoms with Crippen molar-refractivity contribution in [3.8, 4) is 0 Å². The first-order chi connectivity index (χ1) is 12.8. The normalized spacial score (nSPS) is 15.3. The second kappa shape index (κ2) is 7.85. The van der Waals surface area contributed by atoms with E-state index in [1.165, 1.54) is 24.3 Å². The maximum atomic E-state index is 12.7. The van der Waals surface area contributed by atoms with Gasteiger partial charge >= 0.3 is 0 Å². The summed E-state index contributed by atoms with van der Waals surface area (Å²) in [6.07, 6.45) is 0. The predicted molar refractivity (Wildman–Crippen MR) is 103 cm³/mol. The van der Waals surface area contributed by atoms with Crippen LogP contribution in [0.4, 0.5) is 5.69 Å². The summed E-state index contributed by atoms with van der Waals surface area (Å²) >= 11 is 12.0. The van der Waals surface area contributed by atoms with Crippen LogP contribution in [0.5, 0.6) is 0 Å². The van der Waals surface area contributed by atoms with E-state index in [0.717, 1.165) is 4.31 Å². The molecular formula is C17H15Cl2N3O4S. The molecule has 1 aliphatic heterocycles. The van der Waals surface area contributed by atoms with Gasteiger partial charge in [-0.1, -0.05) is 35.3 Å². The van der Waals surface area contributed by atoms with Crippen molar-refractivity contribution in [2.24, 2.45) is 0 Å². The van der Waals surface area contributed by atoms with Crippen LogP contribution in [-0.4, -0.2) is 44.2 Å². The van der Waals surface area contributed by atoms with Crippen LogP contribution in [-0.2, 0) is 14.8 Å². The molecule has 2 N–H and O–H groups in total. The highest BCUT2D eigenvalue weighted by atomic mass is 35.5. The molecule has 2 amide bonds. The number of amides is 2. The molecule has 0 aliphatic carbocycles. The summed E-state index contributed by atoms with van der Waals surface area (Å²) in [7, 11) is -3.86. The molecule has 0 bridgehead atoms. The Morgan fingerprint density at radius 2 is 1.89 bits per heavy atom. The second-order valence-corrected chi connectivity index (χ2v) is 8.49. The minimum atomic E-state index is -3.86. The number of benzene rings is 2. The Hall–Kier alpha value is -2.13. The Morgan fingerprint density at radius 1 is 1.15 bits per heavy atom. The Morgan fingerprint density at radius 3 is 2.63 bits per heavy atom. The number of hydrogen-bond donors (Lipinski definition) is 2. The molecule has 7 nitrogen and oxygen atoms in total. The van der Waals surface area contributed by atoms with Crippen LogP contribution in [0.3, 0.4) is 0 Å². The molecule has 1 fully saturated rings. The topological polar surface area (TPSA) is 95.6 Å². The Balaban J connectivity index is 1.84. The average Bonchev–Trinajstić information content (AvgIpc) is 2.64. The maximum Gasteiger partial charge on any atom is 0.257 e. The Kier molecular flexibility index (Phi) is 5.71. The lowest BCUT2D eigenvalue weighted by atomic mass is 10.2. The molecule has 1 saturated heterocycles. The number of nitrogens with one attached hydrogen (secondary N) is 2. The molecule has 0 atom stereocenters. The minimum Gasteiger partial charge on any atom is -0.354 e. The fourth-order valence-electron chi connectivity index (χ4n) is 2.58. The summed E-state index contributed by atoms with van der Waals surface area (Å²) in [5.41, 5.74) is 0.448. The first kappa shape index (κ1) is 19.6. The van der Waals surface area contributed by atoms with E-state index >= 15 is 0 Å². The lowest BCUT2D eigenvalue weighted by Crippen LogP contribution is -2.49. The molecule has 2 aromatic rings. The number of sulfonamides is 1. The highest BCUT2D eigenvalue weighted by Crippen LogP contribution is 2.27. The van der Waals surface area contributed by atoms with E-state index < -0.39 is 15.9 Å². The molecule has 0 radical (unpaired) electrons. The Bertz CT molecular complexity index is 1010. The van der Waals surface area contributed by atoms with Gasteiger partial charge in [0, 0.05) is 18.8 Å². The van der Waals surface area contributed by atoms with Crippen LogP contribution in [0.1, 0.15) is 10.4 Å². The summed E-state index contributed by atoms with van der Waals surface area (Å²) in [5.74, 6) is -0.876. The largest absolute Gasteiger partial charge is 0.354 e. The molecule has 0 unspecified atom stereocenters. The van der Waals surface area contributed by atoms with Gasteiger partial charge in [-0.3, -0.25) is 9.59 Å². The summed E-state index contributed by atoms with van der Waals surface area (Å²) in [5, 5.41) is 5.53. The summed E-state index contributed by atoms with van der Waals surface area (Å²) in [6, 6.07) is 10.5. The van der Waals surface area contributed by atoms with E-state index in [4.69, 9.17) is 23.2 Å². The number of nitrogens with zero attached hydrogens (tertiary/aromatic N) is 1. The third-order valence-electron chi connectivity index (χ3n) is 3.93. The number of halogens is 2. The van der Waals surface area contributed by atoms with Gasteiger partial charge in [-0.15, -0.1) is 0 Å². The van der Waals surface area contributed by atoms with Crippen molar-refractivity contribution < 1.29 is 18.0 Å². The van der Waals surface area contributed by atoms with Gasteiger partial charge < -0.3 is 10.6 Å². The van der Waals surface area contributed by atoms with Crippen molar-refractivity contribution in [3.63, 3.8) is 0 Å². The van der Waals surface area contributed by atoms with Crippen molar-refractivity contribution in [1.29, 1.82) is 0 Å². The molecule has 142 valence electrons. The Labute approximate surface area is 166 Å². The lowest BCUT2D eigenvalue weighted by molar-refractivity contribution is -0.122. The molecule has 1 aliphatic rings. The zero-order valence-electron chi connectivity index (χ0n) is 13.9. The monoisotopic (exact) mass is 427 g/mol. The summed E-state index contributed by atoms with van der Waals surface area (Å²) in [6.45, 7) is 0.196. The first-order valence-electron chi connectivity index (χ1n) is 7.91. The van der Waals surface area contributed by atoms with E-state index in [2.05, 4.69) is 10.6 Å². The minimum absolute atomic E-state index is 0.0211. The molecule has 0 saturated carbocycles. The van der Waals surface area contributed by atoms with Crippen LogP contribution < -0.4 is 10.6 Å². The van der Waals surface area contributed by atoms with Gasteiger partial charge in [0.1, 0.15) is 0 Å². The molecule has 1 heterocycles. The van der Waals surface area contributed by atoms with E-state index in [-0.39, 0.29) is 51.7 Å². The summed E-state index contributed by atoms with van der Waals surface area (Å²) < 4.78 is 26.6. The number of anilines is 1. The van der Waals surface area contributed by atoms with Gasteiger partial charge in [-0.2, -0.15) is 4.31 Å². The number of carbonyl (C=O) groups is 2. The average molecular weight is 428 g/mol. The van der Waals surface area contributed by atoms with E-state index in [1.807, 2.05) is 0 Å². The molecule has 10 heteroatoms. The van der Waals surface area contributed by atoms with Crippen LogP contribution in [0.25, 0.3) is 0 Å². The van der Waals surface area contributed by atoms with Crippen LogP contribution >= 0.6 is 23.2 Å². The smallest absolute Gasteiger partial charge is 0.257 e. The molecule has 2 aromatic carbocycles. The van der Waals surface area contributed by atoms with Gasteiger partial charge in [-0.25, -0.2) is 8.42 Å². The number of carbonyl (C=O) groups excluding carboxylic acids is 2. The quantitative estimate of drug-likeness (QED) is 0.782. The van der Waals surface area contributed by atoms with Gasteiger partial charge in [0.25, 0.3) is 5.91 Å². The zero-order chi connectivity index (χ0) is 19.6. The second-order valence-electron chi connectivity index (χ2n) is 5.77. The van der Waals surface area contributed by atoms with Crippen molar-refractivity contribution >= 4 is 50.7 Å². The predicted octanol–water partition coefficient (Wildman–Crippen LogP) is 2.37. The third-order valence-corrected chi connectivity index (χ3v) is 6.59. The number of rotatable bonds is 4. The van der Waals surface area contributed by atoms with Crippen molar-refractivity contribution in [2.45, 2.75) is 4.90 Å². The van der Waals surface area contributed by atoms with E-state index in [1.54, 1.807) is 18.2 Å². The first-order valence-corrected chi connectivity index (χ1v) is 10.1. The van der Waals surface area contributed by atoms with Crippen molar-refractivity contribution in [3.05, 3.63) is 58.1 Å². The van der Waals surface area contributed by atoms with Gasteiger partial charge in [0.2, 0.25) is 15.9 Å². The number of piperazine rings is 1. The van der Waals surface area contributed by atoms with Gasteiger partial charge in [0.05, 0.1) is 27.0 Å². The molecule has 0 spiro atoms. The number of hydrogen-bond acceptors (Lipinski definition) is 4. The van der Waals surface area contributed by atoms with Crippen molar-refractivity contribution in [1.82, 2.24) is 9.62 Å². The third kappa shape index (κ3) is 4.24. The van der Waals surface area contributed by atoms with Crippen molar-refractivity contribution in [2.75, 3.05) is 25.0 Å². The van der Waals surface area contributed by atoms with Gasteiger partial charge in [0.15, 0.2) is 0 Å². The van der Waals surface area contributed by atoms with E-state index in [9.17, 15) is 18.0 Å². The molecule has 3 rings (SSSR count). The molecule has 0 aromatic heterocycles. The molecule has 27 heavy (non-hydrogen) atoms. The lowest BCUT2D eigenvalue weighted by Gasteiger charge is -2.26. The highest BCUT2D eigenvalue weighted by Gasteiger charge is 2.29. The SMILES string of the molecule is O=C1CN(S(=O)(=O)c2cccc(NC(=O)c3cccc(Cl)c3Cl)c2)CCN1. The standard InChI is InChI=1S/C17H15Cl2N3O4S/c18-14-6-2-5-13(16(14)19)17(24)21-11-3-1-4-12(9-11)27(25,26)22-8-7-20-15(23)10-22/h1-6,9H,7-8,10H2,(H,20,23)(H,21,24). The van der Waals surface area contributed by atoms with Crippen LogP contribution in [0, 0.1) is 0 Å². The highest BCUT2D eigenvalue weighted by molar-refractivity contribution is 7.89. The van der Waals surface area contributed by atoms with Crippen LogP contribution in [0.2, 0.25) is 10.0 Å². The van der Waals surface area contributed by atoms with Gasteiger partial charge in [-0.05, 0) is 30.3 Å². The van der Waals surface area contributed by atoms with Crippen LogP contribution in [0.15, 0.2) is 47.4 Å². The zero-order valence-corrected chi connectivity index (χ0v) is 16.2. The fourth-order valence-corrected chi connectivity index (χ4v) is 4.41. The summed E-state index contributed by atoms with van der Waals surface area (Å²) in [4.78, 5) is 23.9. The maximum absolute atomic E-state index is 12.7. The fraction of sp³-hybridized carbons (Fsp3) is 0.176. The van der Waals surface area contributed by atoms with E-state index in [0.29, 0.717) is 0 Å².